The van der Waals surface area contributed by atoms with Crippen LogP contribution in [0.4, 0.5) is 5.13 Å². The Labute approximate surface area is 121 Å². The number of hydrogen-bond donors (Lipinski definition) is 2. The molecule has 2 rings (SSSR count). The molecule has 1 amide bonds. The Hall–Kier alpha value is -1.37. The average Bonchev–Trinajstić information content (AvgIpc) is 2.98. The Kier molecular flexibility index (Phi) is 6.01. The Morgan fingerprint density at radius 3 is 3.05 bits per heavy atom. The minimum atomic E-state index is -0.481. The van der Waals surface area contributed by atoms with Crippen LogP contribution in [0.2, 0.25) is 0 Å². The highest BCUT2D eigenvalue weighted by Crippen LogP contribution is 2.25. The molecule has 19 heavy (non-hydrogen) atoms. The molecule has 0 radical (unpaired) electrons. The molecule has 5 nitrogen and oxygen atoms in total. The first-order chi connectivity index (χ1) is 8.70. The minimum absolute atomic E-state index is 0. The van der Waals surface area contributed by atoms with Gasteiger partial charge in [0, 0.05) is 5.38 Å². The van der Waals surface area contributed by atoms with Gasteiger partial charge in [0.2, 0.25) is 5.91 Å². The first kappa shape index (κ1) is 15.7. The van der Waals surface area contributed by atoms with Crippen LogP contribution in [0.25, 0.3) is 11.5 Å². The van der Waals surface area contributed by atoms with Crippen LogP contribution in [-0.2, 0) is 4.79 Å². The zero-order valence-corrected chi connectivity index (χ0v) is 12.1. The van der Waals surface area contributed by atoms with Gasteiger partial charge in [0.25, 0.3) is 0 Å². The van der Waals surface area contributed by atoms with Crippen molar-refractivity contribution in [3.05, 3.63) is 23.8 Å². The van der Waals surface area contributed by atoms with Gasteiger partial charge in [0.15, 0.2) is 10.9 Å². The van der Waals surface area contributed by atoms with Crippen LogP contribution >= 0.6 is 23.7 Å². The molecule has 0 spiro atoms. The summed E-state index contributed by atoms with van der Waals surface area (Å²) in [4.78, 5) is 16.0. The van der Waals surface area contributed by atoms with Crippen LogP contribution in [0, 0.1) is 0 Å². The Bertz CT molecular complexity index is 513. The van der Waals surface area contributed by atoms with Crippen molar-refractivity contribution >= 4 is 34.8 Å². The molecule has 0 aliphatic rings. The number of nitrogens with one attached hydrogen (secondary N) is 1. The van der Waals surface area contributed by atoms with Gasteiger partial charge < -0.3 is 15.5 Å². The minimum Gasteiger partial charge on any atom is -0.463 e. The van der Waals surface area contributed by atoms with E-state index in [4.69, 9.17) is 10.2 Å². The van der Waals surface area contributed by atoms with E-state index in [1.54, 1.807) is 12.3 Å². The van der Waals surface area contributed by atoms with Gasteiger partial charge in [-0.15, -0.1) is 23.7 Å². The van der Waals surface area contributed by atoms with E-state index in [2.05, 4.69) is 10.3 Å². The molecule has 3 N–H and O–H groups in total. The highest BCUT2D eigenvalue weighted by atomic mass is 35.5. The molecule has 0 saturated carbocycles. The molecule has 0 aromatic carbocycles. The first-order valence-electron chi connectivity index (χ1n) is 5.76. The van der Waals surface area contributed by atoms with Gasteiger partial charge >= 0.3 is 0 Å². The SMILES string of the molecule is CCCC(N)C(=O)Nc1nc(-c2ccco2)cs1.Cl. The maximum Gasteiger partial charge on any atom is 0.243 e. The molecule has 0 aliphatic heterocycles. The van der Waals surface area contributed by atoms with E-state index < -0.39 is 6.04 Å². The zero-order valence-electron chi connectivity index (χ0n) is 10.5. The molecule has 1 atom stereocenters. The molecule has 2 aromatic rings. The smallest absolute Gasteiger partial charge is 0.243 e. The van der Waals surface area contributed by atoms with Crippen LogP contribution in [0.3, 0.4) is 0 Å². The Morgan fingerprint density at radius 2 is 2.42 bits per heavy atom. The van der Waals surface area contributed by atoms with Crippen LogP contribution in [0.1, 0.15) is 19.8 Å². The van der Waals surface area contributed by atoms with Crippen molar-refractivity contribution in [1.29, 1.82) is 0 Å². The number of aromatic nitrogens is 1. The van der Waals surface area contributed by atoms with Crippen molar-refractivity contribution in [3.63, 3.8) is 0 Å². The van der Waals surface area contributed by atoms with Crippen LogP contribution < -0.4 is 11.1 Å². The molecule has 1 unspecified atom stereocenters. The van der Waals surface area contributed by atoms with E-state index in [9.17, 15) is 4.79 Å². The number of halogens is 1. The maximum atomic E-state index is 11.7. The molecule has 2 aromatic heterocycles. The fraction of sp³-hybridized carbons (Fsp3) is 0.333. The van der Waals surface area contributed by atoms with Crippen LogP contribution in [-0.4, -0.2) is 16.9 Å². The van der Waals surface area contributed by atoms with Gasteiger partial charge in [-0.25, -0.2) is 4.98 Å². The summed E-state index contributed by atoms with van der Waals surface area (Å²) in [6, 6.07) is 3.14. The third kappa shape index (κ3) is 4.05. The van der Waals surface area contributed by atoms with E-state index in [1.807, 2.05) is 18.4 Å². The van der Waals surface area contributed by atoms with Crippen molar-refractivity contribution in [3.8, 4) is 11.5 Å². The molecule has 0 fully saturated rings. The van der Waals surface area contributed by atoms with Crippen molar-refractivity contribution < 1.29 is 9.21 Å². The van der Waals surface area contributed by atoms with Crippen LogP contribution in [0.5, 0.6) is 0 Å². The average molecular weight is 302 g/mol. The van der Waals surface area contributed by atoms with Gasteiger partial charge in [-0.3, -0.25) is 4.79 Å². The summed E-state index contributed by atoms with van der Waals surface area (Å²) in [5.74, 6) is 0.488. The van der Waals surface area contributed by atoms with E-state index in [0.29, 0.717) is 23.0 Å². The van der Waals surface area contributed by atoms with Gasteiger partial charge in [0.05, 0.1) is 12.3 Å². The molecule has 2 heterocycles. The summed E-state index contributed by atoms with van der Waals surface area (Å²) >= 11 is 1.35. The fourth-order valence-corrected chi connectivity index (χ4v) is 2.21. The second-order valence-electron chi connectivity index (χ2n) is 3.90. The highest BCUT2D eigenvalue weighted by Gasteiger charge is 2.14. The van der Waals surface area contributed by atoms with E-state index in [0.717, 1.165) is 6.42 Å². The Balaban J connectivity index is 0.00000180. The Morgan fingerprint density at radius 1 is 1.63 bits per heavy atom. The lowest BCUT2D eigenvalue weighted by atomic mass is 10.2. The van der Waals surface area contributed by atoms with E-state index >= 15 is 0 Å². The topological polar surface area (TPSA) is 81.2 Å². The predicted octanol–water partition coefficient (Wildman–Crippen LogP) is 2.89. The fourth-order valence-electron chi connectivity index (χ4n) is 1.51. The first-order valence-corrected chi connectivity index (χ1v) is 6.64. The number of thiazole rings is 1. The highest BCUT2D eigenvalue weighted by molar-refractivity contribution is 7.14. The third-order valence-corrected chi connectivity index (χ3v) is 3.20. The molecular formula is C12H16ClN3O2S. The number of anilines is 1. The molecular weight excluding hydrogens is 286 g/mol. The van der Waals surface area contributed by atoms with Crippen molar-refractivity contribution in [2.45, 2.75) is 25.8 Å². The monoisotopic (exact) mass is 301 g/mol. The molecule has 0 saturated heterocycles. The number of furan rings is 1. The standard InChI is InChI=1S/C12H15N3O2S.ClH/c1-2-4-8(13)11(16)15-12-14-9(7-18-12)10-5-3-6-17-10;/h3,5-8H,2,4,13H2,1H3,(H,14,15,16);1H. The maximum absolute atomic E-state index is 11.7. The summed E-state index contributed by atoms with van der Waals surface area (Å²) in [5, 5.41) is 5.08. The molecule has 7 heteroatoms. The summed E-state index contributed by atoms with van der Waals surface area (Å²) in [7, 11) is 0. The number of hydrogen-bond acceptors (Lipinski definition) is 5. The van der Waals surface area contributed by atoms with Gasteiger partial charge in [0.1, 0.15) is 5.69 Å². The summed E-state index contributed by atoms with van der Waals surface area (Å²) in [6.45, 7) is 1.99. The second-order valence-corrected chi connectivity index (χ2v) is 4.76. The molecule has 0 bridgehead atoms. The molecule has 0 aliphatic carbocycles. The van der Waals surface area contributed by atoms with Gasteiger partial charge in [-0.2, -0.15) is 0 Å². The van der Waals surface area contributed by atoms with Crippen molar-refractivity contribution in [2.75, 3.05) is 5.32 Å². The number of rotatable bonds is 5. The number of nitrogens with two attached hydrogens (primary N) is 1. The van der Waals surface area contributed by atoms with Gasteiger partial charge in [-0.05, 0) is 18.6 Å². The largest absolute Gasteiger partial charge is 0.463 e. The van der Waals surface area contributed by atoms with E-state index in [1.165, 1.54) is 11.3 Å². The van der Waals surface area contributed by atoms with E-state index in [-0.39, 0.29) is 18.3 Å². The number of nitrogens with zero attached hydrogens (tertiary/aromatic N) is 1. The lowest BCUT2D eigenvalue weighted by Crippen LogP contribution is -2.35. The molecule has 104 valence electrons. The zero-order chi connectivity index (χ0) is 13.0. The van der Waals surface area contributed by atoms with Crippen LogP contribution in [0.15, 0.2) is 28.2 Å². The summed E-state index contributed by atoms with van der Waals surface area (Å²) < 4.78 is 5.23. The van der Waals surface area contributed by atoms with Crippen molar-refractivity contribution in [1.82, 2.24) is 4.98 Å². The quantitative estimate of drug-likeness (QED) is 0.889. The van der Waals surface area contributed by atoms with Gasteiger partial charge in [-0.1, -0.05) is 13.3 Å². The lowest BCUT2D eigenvalue weighted by molar-refractivity contribution is -0.117. The summed E-state index contributed by atoms with van der Waals surface area (Å²) in [5.41, 5.74) is 6.44. The van der Waals surface area contributed by atoms with Crippen molar-refractivity contribution in [2.24, 2.45) is 5.73 Å². The third-order valence-electron chi connectivity index (χ3n) is 2.44. The predicted molar refractivity (Wildman–Crippen MR) is 78.6 cm³/mol. The second kappa shape index (κ2) is 7.28. The number of carbonyl (C=O) groups is 1. The number of amides is 1. The summed E-state index contributed by atoms with van der Waals surface area (Å²) in [6.07, 6.45) is 3.14. The number of carbonyl (C=O) groups excluding carboxylic acids is 1. The lowest BCUT2D eigenvalue weighted by Gasteiger charge is -2.08. The normalized spacial score (nSPS) is 11.7.